The van der Waals surface area contributed by atoms with Crippen LogP contribution >= 0.6 is 0 Å². The van der Waals surface area contributed by atoms with E-state index in [4.69, 9.17) is 9.47 Å². The van der Waals surface area contributed by atoms with E-state index in [1.54, 1.807) is 12.3 Å². The molecule has 0 radical (unpaired) electrons. The maximum absolute atomic E-state index is 13.1. The molecule has 0 amide bonds. The fraction of sp³-hybridized carbons (Fsp3) is 0.143. The van der Waals surface area contributed by atoms with Gasteiger partial charge in [-0.2, -0.15) is 0 Å². The molecular formula is C14H12FNO4. The summed E-state index contributed by atoms with van der Waals surface area (Å²) < 4.78 is 23.0. The zero-order valence-electron chi connectivity index (χ0n) is 10.7. The number of benzene rings is 1. The Morgan fingerprint density at radius 2 is 2.10 bits per heavy atom. The van der Waals surface area contributed by atoms with Gasteiger partial charge in [-0.3, -0.25) is 4.79 Å². The fourth-order valence-corrected chi connectivity index (χ4v) is 1.64. The van der Waals surface area contributed by atoms with Crippen LogP contribution in [-0.4, -0.2) is 30.5 Å². The summed E-state index contributed by atoms with van der Waals surface area (Å²) in [4.78, 5) is 26.1. The molecule has 1 aromatic heterocycles. The summed E-state index contributed by atoms with van der Waals surface area (Å²) in [6.07, 6.45) is 1.56. The van der Waals surface area contributed by atoms with Crippen LogP contribution in [0.3, 0.4) is 0 Å². The van der Waals surface area contributed by atoms with Gasteiger partial charge in [-0.25, -0.2) is 9.18 Å². The summed E-state index contributed by atoms with van der Waals surface area (Å²) in [5, 5.41) is 0. The van der Waals surface area contributed by atoms with E-state index >= 15 is 0 Å². The summed E-state index contributed by atoms with van der Waals surface area (Å²) in [5.41, 5.74) is 0.274. The van der Waals surface area contributed by atoms with Crippen molar-refractivity contribution in [1.29, 1.82) is 0 Å². The molecule has 20 heavy (non-hydrogen) atoms. The second-order valence-electron chi connectivity index (χ2n) is 3.93. The van der Waals surface area contributed by atoms with Crippen molar-refractivity contribution >= 4 is 11.8 Å². The molecule has 0 aliphatic heterocycles. The lowest BCUT2D eigenvalue weighted by atomic mass is 10.1. The van der Waals surface area contributed by atoms with Gasteiger partial charge < -0.3 is 14.5 Å². The highest BCUT2D eigenvalue weighted by molar-refractivity contribution is 6.01. The normalized spacial score (nSPS) is 10.1. The quantitative estimate of drug-likeness (QED) is 0.672. The monoisotopic (exact) mass is 277 g/mol. The first-order chi connectivity index (χ1) is 9.61. The molecule has 0 spiro atoms. The van der Waals surface area contributed by atoms with Gasteiger partial charge in [-0.1, -0.05) is 0 Å². The SMILES string of the molecule is COc1ccc(F)cc1C(=O)COC(=O)c1ccc[nH]1. The minimum absolute atomic E-state index is 0.0341. The van der Waals surface area contributed by atoms with Crippen molar-refractivity contribution in [2.45, 2.75) is 0 Å². The molecular weight excluding hydrogens is 265 g/mol. The number of carbonyl (C=O) groups is 2. The first kappa shape index (κ1) is 13.8. The highest BCUT2D eigenvalue weighted by Gasteiger charge is 2.16. The van der Waals surface area contributed by atoms with Crippen molar-refractivity contribution < 1.29 is 23.5 Å². The molecule has 0 atom stereocenters. The van der Waals surface area contributed by atoms with Crippen LogP contribution in [0.1, 0.15) is 20.8 Å². The van der Waals surface area contributed by atoms with Gasteiger partial charge in [0.2, 0.25) is 5.78 Å². The van der Waals surface area contributed by atoms with E-state index in [-0.39, 0.29) is 17.0 Å². The fourth-order valence-electron chi connectivity index (χ4n) is 1.64. The molecule has 104 valence electrons. The Bertz CT molecular complexity index is 622. The highest BCUT2D eigenvalue weighted by Crippen LogP contribution is 2.20. The molecule has 5 nitrogen and oxygen atoms in total. The van der Waals surface area contributed by atoms with Gasteiger partial charge in [0.1, 0.15) is 17.3 Å². The van der Waals surface area contributed by atoms with E-state index in [0.717, 1.165) is 6.07 Å². The van der Waals surface area contributed by atoms with Crippen LogP contribution in [0.15, 0.2) is 36.5 Å². The number of Topliss-reactive ketones (excluding diaryl/α,β-unsaturated/α-hetero) is 1. The zero-order chi connectivity index (χ0) is 14.5. The lowest BCUT2D eigenvalue weighted by molar-refractivity contribution is 0.0468. The van der Waals surface area contributed by atoms with Crippen molar-refractivity contribution in [2.75, 3.05) is 13.7 Å². The number of H-pyrrole nitrogens is 1. The molecule has 0 bridgehead atoms. The standard InChI is InChI=1S/C14H12FNO4/c1-19-13-5-4-9(15)7-10(13)12(17)8-20-14(18)11-3-2-6-16-11/h2-7,16H,8H2,1H3. The Hall–Kier alpha value is -2.63. The first-order valence-corrected chi connectivity index (χ1v) is 5.79. The van der Waals surface area contributed by atoms with E-state index in [2.05, 4.69) is 4.98 Å². The number of rotatable bonds is 5. The number of hydrogen-bond donors (Lipinski definition) is 1. The van der Waals surface area contributed by atoms with Gasteiger partial charge in [-0.15, -0.1) is 0 Å². The van der Waals surface area contributed by atoms with E-state index in [9.17, 15) is 14.0 Å². The maximum atomic E-state index is 13.1. The van der Waals surface area contributed by atoms with Gasteiger partial charge in [0, 0.05) is 6.20 Å². The molecule has 2 aromatic rings. The first-order valence-electron chi connectivity index (χ1n) is 5.79. The Morgan fingerprint density at radius 3 is 2.75 bits per heavy atom. The van der Waals surface area contributed by atoms with E-state index in [1.807, 2.05) is 0 Å². The van der Waals surface area contributed by atoms with E-state index < -0.39 is 24.2 Å². The molecule has 0 aliphatic carbocycles. The molecule has 0 aliphatic rings. The second kappa shape index (κ2) is 6.01. The summed E-state index contributed by atoms with van der Waals surface area (Å²) in [5.74, 6) is -1.53. The molecule has 0 saturated carbocycles. The second-order valence-corrected chi connectivity index (χ2v) is 3.93. The van der Waals surface area contributed by atoms with Crippen LogP contribution in [0.25, 0.3) is 0 Å². The van der Waals surface area contributed by atoms with Gasteiger partial charge in [0.15, 0.2) is 6.61 Å². The van der Waals surface area contributed by atoms with Gasteiger partial charge in [0.05, 0.1) is 12.7 Å². The Labute approximate surface area is 114 Å². The van der Waals surface area contributed by atoms with Crippen molar-refractivity contribution in [3.63, 3.8) is 0 Å². The molecule has 0 fully saturated rings. The van der Waals surface area contributed by atoms with E-state index in [0.29, 0.717) is 0 Å². The third-order valence-electron chi connectivity index (χ3n) is 2.61. The predicted molar refractivity (Wildman–Crippen MR) is 68.4 cm³/mol. The third-order valence-corrected chi connectivity index (χ3v) is 2.61. The number of ketones is 1. The smallest absolute Gasteiger partial charge is 0.355 e. The minimum atomic E-state index is -0.654. The minimum Gasteiger partial charge on any atom is -0.496 e. The summed E-state index contributed by atoms with van der Waals surface area (Å²) in [6, 6.07) is 6.73. The Morgan fingerprint density at radius 1 is 1.30 bits per heavy atom. The molecule has 2 rings (SSSR count). The van der Waals surface area contributed by atoms with Crippen LogP contribution in [-0.2, 0) is 4.74 Å². The summed E-state index contributed by atoms with van der Waals surface area (Å²) in [6.45, 7) is -0.488. The number of nitrogens with one attached hydrogen (secondary N) is 1. The van der Waals surface area contributed by atoms with Gasteiger partial charge in [-0.05, 0) is 30.3 Å². The Balaban J connectivity index is 2.05. The number of aromatic nitrogens is 1. The topological polar surface area (TPSA) is 68.4 Å². The molecule has 0 saturated heterocycles. The number of ether oxygens (including phenoxy) is 2. The highest BCUT2D eigenvalue weighted by atomic mass is 19.1. The zero-order valence-corrected chi connectivity index (χ0v) is 10.7. The number of esters is 1. The number of methoxy groups -OCH3 is 1. The molecule has 0 unspecified atom stereocenters. The van der Waals surface area contributed by atoms with Crippen molar-refractivity contribution in [1.82, 2.24) is 4.98 Å². The number of aromatic amines is 1. The van der Waals surface area contributed by atoms with E-state index in [1.165, 1.54) is 25.3 Å². The van der Waals surface area contributed by atoms with Crippen LogP contribution in [0.2, 0.25) is 0 Å². The largest absolute Gasteiger partial charge is 0.496 e. The van der Waals surface area contributed by atoms with Crippen molar-refractivity contribution in [2.24, 2.45) is 0 Å². The third kappa shape index (κ3) is 3.03. The van der Waals surface area contributed by atoms with Crippen LogP contribution in [0, 0.1) is 5.82 Å². The molecule has 1 heterocycles. The predicted octanol–water partition coefficient (Wildman–Crippen LogP) is 2.20. The average molecular weight is 277 g/mol. The summed E-state index contributed by atoms with van der Waals surface area (Å²) in [7, 11) is 1.37. The molecule has 1 N–H and O–H groups in total. The number of carbonyl (C=O) groups excluding carboxylic acids is 2. The molecule has 6 heteroatoms. The number of hydrogen-bond acceptors (Lipinski definition) is 4. The van der Waals surface area contributed by atoms with Gasteiger partial charge >= 0.3 is 5.97 Å². The maximum Gasteiger partial charge on any atom is 0.355 e. The lowest BCUT2D eigenvalue weighted by Gasteiger charge is -2.08. The van der Waals surface area contributed by atoms with Crippen molar-refractivity contribution in [3.8, 4) is 5.75 Å². The van der Waals surface area contributed by atoms with Crippen LogP contribution in [0.4, 0.5) is 4.39 Å². The molecule has 1 aromatic carbocycles. The Kier molecular flexibility index (Phi) is 4.14. The van der Waals surface area contributed by atoms with Crippen LogP contribution < -0.4 is 4.74 Å². The number of halogens is 1. The summed E-state index contributed by atoms with van der Waals surface area (Å²) >= 11 is 0. The van der Waals surface area contributed by atoms with Crippen molar-refractivity contribution in [3.05, 3.63) is 53.6 Å². The lowest BCUT2D eigenvalue weighted by Crippen LogP contribution is -2.15. The van der Waals surface area contributed by atoms with Crippen LogP contribution in [0.5, 0.6) is 5.75 Å². The van der Waals surface area contributed by atoms with Gasteiger partial charge in [0.25, 0.3) is 0 Å². The average Bonchev–Trinajstić information content (AvgIpc) is 2.98.